The summed E-state index contributed by atoms with van der Waals surface area (Å²) in [5.41, 5.74) is 3.45. The van der Waals surface area contributed by atoms with E-state index in [-0.39, 0.29) is 23.9 Å². The van der Waals surface area contributed by atoms with E-state index in [2.05, 4.69) is 41.7 Å². The second kappa shape index (κ2) is 10.3. The Labute approximate surface area is 180 Å². The standard InChI is InChI=1S/C25H33N3O2/c1-4-27(5-2)25(30)28-17-15-23(16-18-28)24(29)26-19(3)20-11-13-22(14-12-20)21-9-7-6-8-10-21/h6-14,19,23H,4-5,15-18H2,1-3H3,(H,26,29). The van der Waals surface area contributed by atoms with Crippen LogP contribution in [-0.2, 0) is 4.79 Å². The molecule has 5 heteroatoms. The van der Waals surface area contributed by atoms with Gasteiger partial charge >= 0.3 is 6.03 Å². The molecule has 1 saturated heterocycles. The van der Waals surface area contributed by atoms with Crippen molar-refractivity contribution in [2.75, 3.05) is 26.2 Å². The van der Waals surface area contributed by atoms with Crippen LogP contribution in [0.2, 0.25) is 0 Å². The predicted molar refractivity (Wildman–Crippen MR) is 121 cm³/mol. The average molecular weight is 408 g/mol. The van der Waals surface area contributed by atoms with Crippen molar-refractivity contribution in [3.05, 3.63) is 60.2 Å². The number of benzene rings is 2. The maximum atomic E-state index is 12.8. The highest BCUT2D eigenvalue weighted by Crippen LogP contribution is 2.23. The van der Waals surface area contributed by atoms with Crippen molar-refractivity contribution in [2.45, 2.75) is 39.7 Å². The number of urea groups is 1. The molecule has 160 valence electrons. The monoisotopic (exact) mass is 407 g/mol. The summed E-state index contributed by atoms with van der Waals surface area (Å²) in [4.78, 5) is 29.0. The van der Waals surface area contributed by atoms with Gasteiger partial charge in [-0.3, -0.25) is 4.79 Å². The van der Waals surface area contributed by atoms with Gasteiger partial charge in [-0.2, -0.15) is 0 Å². The summed E-state index contributed by atoms with van der Waals surface area (Å²) in [5.74, 6) is 0.0568. The van der Waals surface area contributed by atoms with Crippen LogP contribution >= 0.6 is 0 Å². The van der Waals surface area contributed by atoms with Crippen molar-refractivity contribution >= 4 is 11.9 Å². The van der Waals surface area contributed by atoms with E-state index in [0.717, 1.165) is 31.5 Å². The maximum Gasteiger partial charge on any atom is 0.319 e. The molecule has 2 aromatic rings. The third-order valence-corrected chi connectivity index (χ3v) is 6.05. The van der Waals surface area contributed by atoms with Crippen LogP contribution in [0.5, 0.6) is 0 Å². The highest BCUT2D eigenvalue weighted by atomic mass is 16.2. The summed E-state index contributed by atoms with van der Waals surface area (Å²) in [6.07, 6.45) is 1.44. The summed E-state index contributed by atoms with van der Waals surface area (Å²) < 4.78 is 0. The van der Waals surface area contributed by atoms with Crippen molar-refractivity contribution in [3.8, 4) is 11.1 Å². The van der Waals surface area contributed by atoms with Crippen LogP contribution in [-0.4, -0.2) is 47.9 Å². The minimum absolute atomic E-state index is 0.0307. The van der Waals surface area contributed by atoms with E-state index >= 15 is 0 Å². The molecule has 2 aromatic carbocycles. The van der Waals surface area contributed by atoms with Crippen molar-refractivity contribution < 1.29 is 9.59 Å². The summed E-state index contributed by atoms with van der Waals surface area (Å²) in [5, 5.41) is 3.16. The molecule has 1 heterocycles. The Bertz CT molecular complexity index is 823. The third-order valence-electron chi connectivity index (χ3n) is 6.05. The highest BCUT2D eigenvalue weighted by molar-refractivity contribution is 5.80. The largest absolute Gasteiger partial charge is 0.349 e. The Morgan fingerprint density at radius 1 is 0.967 bits per heavy atom. The number of amides is 3. The Kier molecular flexibility index (Phi) is 7.50. The van der Waals surface area contributed by atoms with Gasteiger partial charge in [0.15, 0.2) is 0 Å². The minimum atomic E-state index is -0.0438. The number of likely N-dealkylation sites (tertiary alicyclic amines) is 1. The molecule has 1 fully saturated rings. The van der Waals surface area contributed by atoms with E-state index < -0.39 is 0 Å². The lowest BCUT2D eigenvalue weighted by molar-refractivity contribution is -0.127. The number of carbonyl (C=O) groups is 2. The molecule has 1 aliphatic heterocycles. The number of carbonyl (C=O) groups excluding carboxylic acids is 2. The molecule has 0 aromatic heterocycles. The number of nitrogens with one attached hydrogen (secondary N) is 1. The third kappa shape index (κ3) is 5.21. The Morgan fingerprint density at radius 2 is 1.53 bits per heavy atom. The van der Waals surface area contributed by atoms with Crippen LogP contribution in [0.4, 0.5) is 4.79 Å². The average Bonchev–Trinajstić information content (AvgIpc) is 2.80. The van der Waals surface area contributed by atoms with Gasteiger partial charge in [0.1, 0.15) is 0 Å². The van der Waals surface area contributed by atoms with Crippen LogP contribution in [0.15, 0.2) is 54.6 Å². The molecule has 3 rings (SSSR count). The predicted octanol–water partition coefficient (Wildman–Crippen LogP) is 4.70. The second-order valence-electron chi connectivity index (χ2n) is 7.93. The first-order valence-corrected chi connectivity index (χ1v) is 11.0. The van der Waals surface area contributed by atoms with E-state index in [9.17, 15) is 9.59 Å². The first kappa shape index (κ1) is 21.9. The van der Waals surface area contributed by atoms with Gasteiger partial charge in [-0.15, -0.1) is 0 Å². The van der Waals surface area contributed by atoms with Gasteiger partial charge in [0, 0.05) is 32.1 Å². The molecule has 0 saturated carbocycles. The lowest BCUT2D eigenvalue weighted by Crippen LogP contribution is -2.48. The number of hydrogen-bond acceptors (Lipinski definition) is 2. The summed E-state index contributed by atoms with van der Waals surface area (Å²) in [6.45, 7) is 8.74. The van der Waals surface area contributed by atoms with Gasteiger partial charge in [0.2, 0.25) is 5.91 Å². The fourth-order valence-corrected chi connectivity index (χ4v) is 4.04. The van der Waals surface area contributed by atoms with Crippen LogP contribution in [0.1, 0.15) is 45.2 Å². The molecule has 0 spiro atoms. The molecule has 1 atom stereocenters. The second-order valence-corrected chi connectivity index (χ2v) is 7.93. The van der Waals surface area contributed by atoms with E-state index in [4.69, 9.17) is 0 Å². The Morgan fingerprint density at radius 3 is 2.10 bits per heavy atom. The van der Waals surface area contributed by atoms with E-state index in [1.165, 1.54) is 11.1 Å². The summed E-state index contributed by atoms with van der Waals surface area (Å²) in [6, 6.07) is 18.7. The van der Waals surface area contributed by atoms with E-state index in [1.807, 2.05) is 48.8 Å². The zero-order valence-corrected chi connectivity index (χ0v) is 18.3. The Balaban J connectivity index is 1.52. The Hall–Kier alpha value is -2.82. The van der Waals surface area contributed by atoms with Gasteiger partial charge in [-0.05, 0) is 50.3 Å². The van der Waals surface area contributed by atoms with Crippen LogP contribution in [0, 0.1) is 5.92 Å². The summed E-state index contributed by atoms with van der Waals surface area (Å²) >= 11 is 0. The molecule has 1 aliphatic rings. The zero-order valence-electron chi connectivity index (χ0n) is 18.3. The number of nitrogens with zero attached hydrogens (tertiary/aromatic N) is 2. The SMILES string of the molecule is CCN(CC)C(=O)N1CCC(C(=O)NC(C)c2ccc(-c3ccccc3)cc2)CC1. The molecule has 0 aliphatic carbocycles. The minimum Gasteiger partial charge on any atom is -0.349 e. The maximum absolute atomic E-state index is 12.8. The molecule has 30 heavy (non-hydrogen) atoms. The molecule has 3 amide bonds. The first-order chi connectivity index (χ1) is 14.5. The van der Waals surface area contributed by atoms with Crippen molar-refractivity contribution in [1.29, 1.82) is 0 Å². The first-order valence-electron chi connectivity index (χ1n) is 11.0. The molecule has 0 bridgehead atoms. The van der Waals surface area contributed by atoms with Crippen LogP contribution in [0.25, 0.3) is 11.1 Å². The molecular formula is C25H33N3O2. The number of hydrogen-bond donors (Lipinski definition) is 1. The fourth-order valence-electron chi connectivity index (χ4n) is 4.04. The van der Waals surface area contributed by atoms with Gasteiger partial charge in [0.05, 0.1) is 6.04 Å². The quantitative estimate of drug-likeness (QED) is 0.754. The van der Waals surface area contributed by atoms with Gasteiger partial charge in [0.25, 0.3) is 0 Å². The topological polar surface area (TPSA) is 52.7 Å². The molecule has 1 N–H and O–H groups in total. The van der Waals surface area contributed by atoms with E-state index in [1.54, 1.807) is 0 Å². The smallest absolute Gasteiger partial charge is 0.319 e. The lowest BCUT2D eigenvalue weighted by atomic mass is 9.95. The van der Waals surface area contributed by atoms with Gasteiger partial charge in [-0.25, -0.2) is 4.79 Å². The zero-order chi connectivity index (χ0) is 21.5. The van der Waals surface area contributed by atoms with Gasteiger partial charge < -0.3 is 15.1 Å². The van der Waals surface area contributed by atoms with Crippen molar-refractivity contribution in [3.63, 3.8) is 0 Å². The molecule has 1 unspecified atom stereocenters. The lowest BCUT2D eigenvalue weighted by Gasteiger charge is -2.35. The van der Waals surface area contributed by atoms with Crippen molar-refractivity contribution in [1.82, 2.24) is 15.1 Å². The van der Waals surface area contributed by atoms with Gasteiger partial charge in [-0.1, -0.05) is 54.6 Å². The molecule has 5 nitrogen and oxygen atoms in total. The normalized spacial score (nSPS) is 15.5. The van der Waals surface area contributed by atoms with E-state index in [0.29, 0.717) is 13.1 Å². The molecular weight excluding hydrogens is 374 g/mol. The summed E-state index contributed by atoms with van der Waals surface area (Å²) in [7, 11) is 0. The number of rotatable bonds is 6. The number of piperidine rings is 1. The van der Waals surface area contributed by atoms with Crippen LogP contribution < -0.4 is 5.32 Å². The molecule has 0 radical (unpaired) electrons. The van der Waals surface area contributed by atoms with Crippen LogP contribution in [0.3, 0.4) is 0 Å². The fraction of sp³-hybridized carbons (Fsp3) is 0.440. The van der Waals surface area contributed by atoms with Crippen molar-refractivity contribution in [2.24, 2.45) is 5.92 Å². The highest BCUT2D eigenvalue weighted by Gasteiger charge is 2.29.